The van der Waals surface area contributed by atoms with Crippen LogP contribution >= 0.6 is 23.9 Å². The number of carbonyl (C=O) groups excluding carboxylic acids is 2. The van der Waals surface area contributed by atoms with Gasteiger partial charge in [-0.25, -0.2) is 0 Å². The lowest BCUT2D eigenvalue weighted by Gasteiger charge is -2.35. The lowest BCUT2D eigenvalue weighted by molar-refractivity contribution is -0.127. The summed E-state index contributed by atoms with van der Waals surface area (Å²) in [6.45, 7) is 5.07. The highest BCUT2D eigenvalue weighted by Gasteiger charge is 2.52. The molecule has 1 N–H and O–H groups in total. The van der Waals surface area contributed by atoms with Crippen molar-refractivity contribution >= 4 is 51.7 Å². The zero-order valence-corrected chi connectivity index (χ0v) is 19.0. The van der Waals surface area contributed by atoms with Gasteiger partial charge in [-0.1, -0.05) is 42.9 Å². The van der Waals surface area contributed by atoms with Gasteiger partial charge in [-0.05, 0) is 43.1 Å². The fourth-order valence-electron chi connectivity index (χ4n) is 4.91. The molecule has 0 bridgehead atoms. The normalized spacial score (nSPS) is 25.5. The van der Waals surface area contributed by atoms with Crippen LogP contribution in [-0.2, 0) is 9.59 Å². The third-order valence-electron chi connectivity index (χ3n) is 6.65. The lowest BCUT2D eigenvalue weighted by atomic mass is 9.71. The van der Waals surface area contributed by atoms with Crippen molar-refractivity contribution in [1.82, 2.24) is 14.6 Å². The van der Waals surface area contributed by atoms with E-state index in [0.717, 1.165) is 57.8 Å². The number of allylic oxidation sites excluding steroid dienone is 2. The molecule has 2 atom stereocenters. The average molecular weight is 459 g/mol. The minimum absolute atomic E-state index is 0. The van der Waals surface area contributed by atoms with Crippen molar-refractivity contribution in [2.45, 2.75) is 19.3 Å². The Bertz CT molecular complexity index is 1030. The van der Waals surface area contributed by atoms with Gasteiger partial charge in [0.1, 0.15) is 5.82 Å². The zero-order chi connectivity index (χ0) is 20.6. The van der Waals surface area contributed by atoms with Crippen LogP contribution in [0, 0.1) is 11.3 Å². The topological polar surface area (TPSA) is 65.5 Å². The van der Waals surface area contributed by atoms with Crippen LogP contribution in [0.5, 0.6) is 0 Å². The van der Waals surface area contributed by atoms with E-state index in [2.05, 4.69) is 43.8 Å². The van der Waals surface area contributed by atoms with Crippen molar-refractivity contribution in [3.63, 3.8) is 0 Å². The van der Waals surface area contributed by atoms with Crippen LogP contribution in [0.1, 0.15) is 19.3 Å². The van der Waals surface area contributed by atoms with E-state index in [1.54, 1.807) is 11.5 Å². The van der Waals surface area contributed by atoms with Gasteiger partial charge >= 0.3 is 0 Å². The maximum atomic E-state index is 12.4. The first-order chi connectivity index (χ1) is 14.7. The second-order valence-corrected chi connectivity index (χ2v) is 9.17. The Morgan fingerprint density at radius 1 is 1.10 bits per heavy atom. The molecule has 1 aliphatic carbocycles. The highest BCUT2D eigenvalue weighted by atomic mass is 35.5. The summed E-state index contributed by atoms with van der Waals surface area (Å²) in [5, 5.41) is 3.77. The minimum Gasteiger partial charge on any atom is -0.353 e. The Hall–Kier alpha value is -2.22. The van der Waals surface area contributed by atoms with Gasteiger partial charge in [-0.3, -0.25) is 19.8 Å². The molecule has 6 nitrogen and oxygen atoms in total. The van der Waals surface area contributed by atoms with Crippen LogP contribution in [0.15, 0.2) is 48.6 Å². The summed E-state index contributed by atoms with van der Waals surface area (Å²) in [5.41, 5.74) is -0.670. The first kappa shape index (κ1) is 22.0. The van der Waals surface area contributed by atoms with Crippen LogP contribution < -0.4 is 10.2 Å². The summed E-state index contributed by atoms with van der Waals surface area (Å²) >= 11 is 1.57. The van der Waals surface area contributed by atoms with Crippen LogP contribution in [0.25, 0.3) is 10.1 Å². The number of anilines is 1. The van der Waals surface area contributed by atoms with Crippen molar-refractivity contribution in [2.75, 3.05) is 37.6 Å². The maximum Gasteiger partial charge on any atom is 0.237 e. The molecule has 2 aliphatic heterocycles. The number of imide groups is 1. The number of unbranched alkanes of at least 4 members (excludes halogenated alkanes) is 1. The highest BCUT2D eigenvalue weighted by molar-refractivity contribution is 7.13. The Morgan fingerprint density at radius 3 is 2.74 bits per heavy atom. The molecular weight excluding hydrogens is 432 g/mol. The van der Waals surface area contributed by atoms with Crippen molar-refractivity contribution < 1.29 is 9.59 Å². The molecule has 2 fully saturated rings. The first-order valence-corrected chi connectivity index (χ1v) is 11.5. The monoisotopic (exact) mass is 458 g/mol. The van der Waals surface area contributed by atoms with Gasteiger partial charge in [0.25, 0.3) is 0 Å². The number of hydrogen-bond acceptors (Lipinski definition) is 6. The van der Waals surface area contributed by atoms with Crippen LogP contribution in [0.4, 0.5) is 5.82 Å². The predicted octanol–water partition coefficient (Wildman–Crippen LogP) is 3.40. The van der Waals surface area contributed by atoms with E-state index >= 15 is 0 Å². The molecule has 1 aromatic heterocycles. The number of halogens is 1. The molecule has 2 saturated heterocycles. The van der Waals surface area contributed by atoms with E-state index in [9.17, 15) is 9.59 Å². The van der Waals surface area contributed by atoms with E-state index in [-0.39, 0.29) is 30.1 Å². The first-order valence-electron chi connectivity index (χ1n) is 10.7. The number of nitrogens with one attached hydrogen (secondary N) is 1. The molecule has 2 amide bonds. The van der Waals surface area contributed by atoms with E-state index in [1.165, 1.54) is 10.1 Å². The molecule has 0 radical (unpaired) electrons. The van der Waals surface area contributed by atoms with E-state index in [0.29, 0.717) is 0 Å². The largest absolute Gasteiger partial charge is 0.353 e. The smallest absolute Gasteiger partial charge is 0.237 e. The Balaban J connectivity index is 0.00000231. The molecule has 2 unspecified atom stereocenters. The molecule has 5 rings (SSSR count). The molecule has 31 heavy (non-hydrogen) atoms. The zero-order valence-electron chi connectivity index (χ0n) is 17.3. The summed E-state index contributed by atoms with van der Waals surface area (Å²) in [4.78, 5) is 29.4. The van der Waals surface area contributed by atoms with Crippen LogP contribution in [0.3, 0.4) is 0 Å². The van der Waals surface area contributed by atoms with Crippen LogP contribution in [0.2, 0.25) is 0 Å². The number of aromatic nitrogens is 1. The quantitative estimate of drug-likeness (QED) is 0.531. The Labute approximate surface area is 192 Å². The molecule has 3 aliphatic rings. The van der Waals surface area contributed by atoms with Gasteiger partial charge in [0, 0.05) is 31.6 Å². The molecule has 0 spiro atoms. The number of hydrogen-bond donors (Lipinski definition) is 1. The number of nitrogens with zero attached hydrogens (tertiary/aromatic N) is 3. The van der Waals surface area contributed by atoms with E-state index in [1.807, 2.05) is 24.3 Å². The summed E-state index contributed by atoms with van der Waals surface area (Å²) in [5.74, 6) is 0.481. The number of rotatable bonds is 6. The molecule has 164 valence electrons. The number of piperazine rings is 1. The van der Waals surface area contributed by atoms with Gasteiger partial charge in [0.05, 0.1) is 16.0 Å². The Morgan fingerprint density at radius 2 is 1.90 bits per heavy atom. The number of fused-ring (bicyclic) bond motifs is 2. The number of amides is 2. The molecule has 2 aromatic rings. The lowest BCUT2D eigenvalue weighted by Crippen LogP contribution is -2.46. The van der Waals surface area contributed by atoms with Gasteiger partial charge in [0.15, 0.2) is 0 Å². The standard InChI is InChI=1S/C23H26N4O2S.ClH/c28-21-18-8-3-4-10-23(18,22(29)24-21)11-5-6-12-26-13-15-27(16-14-26)20-17-7-1-2-9-19(17)30-25-20;/h1-4,7-10,18H,5-6,11-16H2,(H,24,28,29);1H. The average Bonchev–Trinajstić information content (AvgIpc) is 3.31. The van der Waals surface area contributed by atoms with E-state index < -0.39 is 5.41 Å². The fourth-order valence-corrected chi connectivity index (χ4v) is 5.71. The third-order valence-corrected chi connectivity index (χ3v) is 7.47. The van der Waals surface area contributed by atoms with E-state index in [4.69, 9.17) is 0 Å². The molecule has 3 heterocycles. The number of carbonyl (C=O) groups is 2. The third kappa shape index (κ3) is 4.02. The highest BCUT2D eigenvalue weighted by Crippen LogP contribution is 2.42. The molecule has 8 heteroatoms. The fraction of sp³-hybridized carbons (Fsp3) is 0.435. The minimum atomic E-state index is -0.670. The van der Waals surface area contributed by atoms with Crippen LogP contribution in [-0.4, -0.2) is 53.8 Å². The second-order valence-electron chi connectivity index (χ2n) is 8.37. The molecular formula is C23H27ClN4O2S. The summed E-state index contributed by atoms with van der Waals surface area (Å²) in [6, 6.07) is 8.43. The SMILES string of the molecule is Cl.O=C1NC(=O)C2(CCCCN3CCN(c4nsc5ccccc45)CC3)C=CC=CC12. The van der Waals surface area contributed by atoms with Crippen molar-refractivity contribution in [3.05, 3.63) is 48.6 Å². The van der Waals surface area contributed by atoms with Gasteiger partial charge < -0.3 is 4.90 Å². The summed E-state index contributed by atoms with van der Waals surface area (Å²) in [6.07, 6.45) is 10.2. The predicted molar refractivity (Wildman–Crippen MR) is 127 cm³/mol. The van der Waals surface area contributed by atoms with Gasteiger partial charge in [-0.2, -0.15) is 4.37 Å². The maximum absolute atomic E-state index is 12.4. The van der Waals surface area contributed by atoms with Crippen molar-refractivity contribution in [1.29, 1.82) is 0 Å². The van der Waals surface area contributed by atoms with Crippen molar-refractivity contribution in [3.8, 4) is 0 Å². The summed E-state index contributed by atoms with van der Waals surface area (Å²) < 4.78 is 5.93. The summed E-state index contributed by atoms with van der Waals surface area (Å²) in [7, 11) is 0. The number of benzene rings is 1. The van der Waals surface area contributed by atoms with Gasteiger partial charge in [-0.15, -0.1) is 12.4 Å². The van der Waals surface area contributed by atoms with Crippen molar-refractivity contribution in [2.24, 2.45) is 11.3 Å². The second kappa shape index (κ2) is 9.10. The molecule has 0 saturated carbocycles. The Kier molecular flexibility index (Phi) is 6.46. The van der Waals surface area contributed by atoms with Gasteiger partial charge in [0.2, 0.25) is 11.8 Å². The molecule has 1 aromatic carbocycles.